The molecule has 0 amide bonds. The largest absolute Gasteiger partial charge is 0.303 e. The summed E-state index contributed by atoms with van der Waals surface area (Å²) in [6.07, 6.45) is 9.30. The van der Waals surface area contributed by atoms with Crippen LogP contribution in [0.2, 0.25) is 0 Å². The predicted molar refractivity (Wildman–Crippen MR) is 99.2 cm³/mol. The maximum Gasteiger partial charge on any atom is 0.0662 e. The number of hydrogen-bond donors (Lipinski definition) is 1. The smallest absolute Gasteiger partial charge is 0.0662 e. The van der Waals surface area contributed by atoms with E-state index in [4.69, 9.17) is 0 Å². The Kier molecular flexibility index (Phi) is 4.61. The SMILES string of the molecule is CC(NC1CCCc2c1cnn2Cc1ccccc1)c1cccnc1. The molecule has 0 spiro atoms. The Labute approximate surface area is 148 Å². The summed E-state index contributed by atoms with van der Waals surface area (Å²) < 4.78 is 2.17. The van der Waals surface area contributed by atoms with Crippen LogP contribution in [0.3, 0.4) is 0 Å². The highest BCUT2D eigenvalue weighted by Gasteiger charge is 2.25. The highest BCUT2D eigenvalue weighted by molar-refractivity contribution is 5.27. The second kappa shape index (κ2) is 7.19. The molecule has 1 N–H and O–H groups in total. The molecule has 2 heterocycles. The van der Waals surface area contributed by atoms with Crippen molar-refractivity contribution < 1.29 is 0 Å². The number of aromatic nitrogens is 3. The van der Waals surface area contributed by atoms with Gasteiger partial charge in [0.15, 0.2) is 0 Å². The standard InChI is InChI=1S/C21H24N4/c1-16(18-9-6-12-22-13-18)24-20-10-5-11-21-19(20)14-23-25(21)15-17-7-3-2-4-8-17/h2-4,6-9,12-14,16,20,24H,5,10-11,15H2,1H3. The molecule has 1 aliphatic rings. The van der Waals surface area contributed by atoms with Gasteiger partial charge in [-0.2, -0.15) is 5.10 Å². The first-order valence-electron chi connectivity index (χ1n) is 9.06. The lowest BCUT2D eigenvalue weighted by Gasteiger charge is -2.27. The average Bonchev–Trinajstić information content (AvgIpc) is 3.07. The lowest BCUT2D eigenvalue weighted by Crippen LogP contribution is -2.28. The van der Waals surface area contributed by atoms with Crippen molar-refractivity contribution in [3.05, 3.63) is 83.4 Å². The molecule has 4 rings (SSSR count). The zero-order valence-corrected chi connectivity index (χ0v) is 14.6. The van der Waals surface area contributed by atoms with E-state index < -0.39 is 0 Å². The topological polar surface area (TPSA) is 42.7 Å². The summed E-state index contributed by atoms with van der Waals surface area (Å²) in [7, 11) is 0. The number of nitrogens with zero attached hydrogens (tertiary/aromatic N) is 3. The molecule has 2 atom stereocenters. The van der Waals surface area contributed by atoms with Crippen molar-refractivity contribution >= 4 is 0 Å². The Bertz CT molecular complexity index is 810. The zero-order chi connectivity index (χ0) is 17.1. The lowest BCUT2D eigenvalue weighted by atomic mass is 9.92. The number of rotatable bonds is 5. The third-order valence-corrected chi connectivity index (χ3v) is 5.07. The number of pyridine rings is 1. The molecule has 1 aliphatic carbocycles. The summed E-state index contributed by atoms with van der Waals surface area (Å²) in [5.74, 6) is 0. The Balaban J connectivity index is 1.53. The Morgan fingerprint density at radius 1 is 1.16 bits per heavy atom. The minimum Gasteiger partial charge on any atom is -0.303 e. The summed E-state index contributed by atoms with van der Waals surface area (Å²) >= 11 is 0. The number of fused-ring (bicyclic) bond motifs is 1. The van der Waals surface area contributed by atoms with Gasteiger partial charge >= 0.3 is 0 Å². The molecule has 0 saturated carbocycles. The molecule has 4 nitrogen and oxygen atoms in total. The van der Waals surface area contributed by atoms with Gasteiger partial charge in [-0.05, 0) is 43.4 Å². The Hall–Kier alpha value is -2.46. The van der Waals surface area contributed by atoms with Gasteiger partial charge in [-0.15, -0.1) is 0 Å². The van der Waals surface area contributed by atoms with Crippen LogP contribution in [-0.2, 0) is 13.0 Å². The predicted octanol–water partition coefficient (Wildman–Crippen LogP) is 4.05. The first-order chi connectivity index (χ1) is 12.3. The average molecular weight is 332 g/mol. The fraction of sp³-hybridized carbons (Fsp3) is 0.333. The first kappa shape index (κ1) is 16.0. The molecule has 2 unspecified atom stereocenters. The van der Waals surface area contributed by atoms with Crippen LogP contribution in [0.5, 0.6) is 0 Å². The van der Waals surface area contributed by atoms with Gasteiger partial charge in [-0.1, -0.05) is 36.4 Å². The molecule has 0 aliphatic heterocycles. The van der Waals surface area contributed by atoms with Crippen molar-refractivity contribution in [3.63, 3.8) is 0 Å². The van der Waals surface area contributed by atoms with E-state index in [2.05, 4.69) is 69.6 Å². The summed E-state index contributed by atoms with van der Waals surface area (Å²) in [5.41, 5.74) is 5.27. The maximum absolute atomic E-state index is 4.69. The van der Waals surface area contributed by atoms with E-state index in [0.29, 0.717) is 6.04 Å². The lowest BCUT2D eigenvalue weighted by molar-refractivity contribution is 0.409. The Morgan fingerprint density at radius 2 is 2.04 bits per heavy atom. The minimum atomic E-state index is 0.280. The van der Waals surface area contributed by atoms with E-state index in [1.165, 1.54) is 28.8 Å². The molecule has 0 bridgehead atoms. The van der Waals surface area contributed by atoms with Crippen molar-refractivity contribution in [1.82, 2.24) is 20.1 Å². The van der Waals surface area contributed by atoms with E-state index in [1.807, 2.05) is 18.5 Å². The molecule has 2 aromatic heterocycles. The van der Waals surface area contributed by atoms with Crippen LogP contribution in [0.15, 0.2) is 61.1 Å². The van der Waals surface area contributed by atoms with Crippen molar-refractivity contribution in [3.8, 4) is 0 Å². The van der Waals surface area contributed by atoms with Gasteiger partial charge in [0.1, 0.15) is 0 Å². The second-order valence-corrected chi connectivity index (χ2v) is 6.81. The molecule has 4 heteroatoms. The van der Waals surface area contributed by atoms with E-state index >= 15 is 0 Å². The molecule has 3 aromatic rings. The van der Waals surface area contributed by atoms with Crippen LogP contribution in [0, 0.1) is 0 Å². The summed E-state index contributed by atoms with van der Waals surface area (Å²) in [6.45, 7) is 3.06. The van der Waals surface area contributed by atoms with Gasteiger partial charge < -0.3 is 5.32 Å². The zero-order valence-electron chi connectivity index (χ0n) is 14.6. The van der Waals surface area contributed by atoms with Crippen molar-refractivity contribution in [2.75, 3.05) is 0 Å². The monoisotopic (exact) mass is 332 g/mol. The van der Waals surface area contributed by atoms with Gasteiger partial charge in [0.25, 0.3) is 0 Å². The van der Waals surface area contributed by atoms with Crippen LogP contribution < -0.4 is 5.32 Å². The highest BCUT2D eigenvalue weighted by Crippen LogP contribution is 2.32. The van der Waals surface area contributed by atoms with E-state index in [0.717, 1.165) is 19.4 Å². The van der Waals surface area contributed by atoms with Crippen LogP contribution in [0.4, 0.5) is 0 Å². The molecule has 0 radical (unpaired) electrons. The summed E-state index contributed by atoms with van der Waals surface area (Å²) in [5, 5.41) is 8.46. The third kappa shape index (κ3) is 3.49. The van der Waals surface area contributed by atoms with E-state index in [9.17, 15) is 0 Å². The normalized spacial score (nSPS) is 17.9. The van der Waals surface area contributed by atoms with Crippen LogP contribution in [0.1, 0.15) is 54.2 Å². The fourth-order valence-electron chi connectivity index (χ4n) is 3.71. The molecule has 1 aromatic carbocycles. The van der Waals surface area contributed by atoms with Crippen molar-refractivity contribution in [2.45, 2.75) is 44.8 Å². The molecule has 0 saturated heterocycles. The summed E-state index contributed by atoms with van der Waals surface area (Å²) in [4.78, 5) is 4.24. The maximum atomic E-state index is 4.69. The molecule has 0 fully saturated rings. The number of hydrogen-bond acceptors (Lipinski definition) is 3. The van der Waals surface area contributed by atoms with E-state index in [-0.39, 0.29) is 6.04 Å². The number of nitrogens with one attached hydrogen (secondary N) is 1. The van der Waals surface area contributed by atoms with Crippen molar-refractivity contribution in [2.24, 2.45) is 0 Å². The number of benzene rings is 1. The fourth-order valence-corrected chi connectivity index (χ4v) is 3.71. The quantitative estimate of drug-likeness (QED) is 0.766. The molecule has 25 heavy (non-hydrogen) atoms. The van der Waals surface area contributed by atoms with Gasteiger partial charge in [0.2, 0.25) is 0 Å². The minimum absolute atomic E-state index is 0.280. The van der Waals surface area contributed by atoms with Gasteiger partial charge in [0.05, 0.1) is 12.7 Å². The van der Waals surface area contributed by atoms with Crippen molar-refractivity contribution in [1.29, 1.82) is 0 Å². The van der Waals surface area contributed by atoms with Crippen LogP contribution >= 0.6 is 0 Å². The highest BCUT2D eigenvalue weighted by atomic mass is 15.3. The Morgan fingerprint density at radius 3 is 2.84 bits per heavy atom. The van der Waals surface area contributed by atoms with Gasteiger partial charge in [-0.25, -0.2) is 0 Å². The van der Waals surface area contributed by atoms with Crippen LogP contribution in [-0.4, -0.2) is 14.8 Å². The van der Waals surface area contributed by atoms with E-state index in [1.54, 1.807) is 0 Å². The molecular formula is C21H24N4. The first-order valence-corrected chi connectivity index (χ1v) is 9.06. The third-order valence-electron chi connectivity index (χ3n) is 5.07. The summed E-state index contributed by atoms with van der Waals surface area (Å²) in [6, 6.07) is 15.3. The van der Waals surface area contributed by atoms with Gasteiger partial charge in [-0.3, -0.25) is 9.67 Å². The second-order valence-electron chi connectivity index (χ2n) is 6.81. The molecule has 128 valence electrons. The van der Waals surface area contributed by atoms with Crippen LogP contribution in [0.25, 0.3) is 0 Å². The molecular weight excluding hydrogens is 308 g/mol. The van der Waals surface area contributed by atoms with Gasteiger partial charge in [0, 0.05) is 35.7 Å².